The Hall–Kier alpha value is 0.943. The van der Waals surface area contributed by atoms with E-state index in [2.05, 4.69) is 26.6 Å². The minimum Gasteiger partial charge on any atom is -1.00 e. The summed E-state index contributed by atoms with van der Waals surface area (Å²) < 4.78 is 0. The molecule has 0 saturated carbocycles. The molecule has 0 aliphatic rings. The Morgan fingerprint density at radius 1 is 1.44 bits per heavy atom. The van der Waals surface area contributed by atoms with Crippen molar-refractivity contribution in [2.75, 3.05) is 0 Å². The summed E-state index contributed by atoms with van der Waals surface area (Å²) in [5, 5.41) is 0. The summed E-state index contributed by atoms with van der Waals surface area (Å²) >= 11 is 0. The molecule has 0 aromatic rings. The fourth-order valence-electron chi connectivity index (χ4n) is 0.612. The third kappa shape index (κ3) is 5.39. The minimum absolute atomic E-state index is 0. The van der Waals surface area contributed by atoms with Crippen LogP contribution in [0.5, 0.6) is 0 Å². The first-order valence-electron chi connectivity index (χ1n) is 3.24. The van der Waals surface area contributed by atoms with E-state index >= 15 is 0 Å². The van der Waals surface area contributed by atoms with Gasteiger partial charge >= 0.3 is 23.1 Å². The summed E-state index contributed by atoms with van der Waals surface area (Å²) in [5.41, 5.74) is 6.30. The number of nitrogens with two attached hydrogens (primary N) is 1. The standard InChI is InChI=1S/C6H17NSi.Mg.2H/c1-5-6(7)8(2,3)4;;;/h6H,5,7H2,1-4H3;;;/q;+2;2*-1. The molecule has 0 bridgehead atoms. The molecule has 0 spiro atoms. The van der Waals surface area contributed by atoms with E-state index in [1.807, 2.05) is 0 Å². The summed E-state index contributed by atoms with van der Waals surface area (Å²) in [6.45, 7) is 9.08. The first kappa shape index (κ1) is 12.6. The van der Waals surface area contributed by atoms with Crippen LogP contribution in [-0.4, -0.2) is 36.8 Å². The van der Waals surface area contributed by atoms with E-state index in [4.69, 9.17) is 5.73 Å². The zero-order valence-electron chi connectivity index (χ0n) is 9.07. The third-order valence-electron chi connectivity index (χ3n) is 1.55. The Morgan fingerprint density at radius 2 is 1.78 bits per heavy atom. The monoisotopic (exact) mass is 157 g/mol. The zero-order valence-corrected chi connectivity index (χ0v) is 9.48. The predicted octanol–water partition coefficient (Wildman–Crippen LogP) is 1.45. The van der Waals surface area contributed by atoms with E-state index in [-0.39, 0.29) is 25.9 Å². The maximum atomic E-state index is 5.81. The summed E-state index contributed by atoms with van der Waals surface area (Å²) in [5.74, 6) is 0. The molecule has 1 atom stereocenters. The van der Waals surface area contributed by atoms with Gasteiger partial charge in [0.25, 0.3) is 0 Å². The van der Waals surface area contributed by atoms with Crippen molar-refractivity contribution < 1.29 is 2.85 Å². The van der Waals surface area contributed by atoms with E-state index in [1.54, 1.807) is 0 Å². The smallest absolute Gasteiger partial charge is 1.00 e. The van der Waals surface area contributed by atoms with Crippen molar-refractivity contribution in [3.63, 3.8) is 0 Å². The summed E-state index contributed by atoms with van der Waals surface area (Å²) in [7, 11) is -0.983. The van der Waals surface area contributed by atoms with Crippen molar-refractivity contribution >= 4 is 31.1 Å². The Kier molecular flexibility index (Phi) is 6.60. The Labute approximate surface area is 78.5 Å². The SMILES string of the molecule is CCC(N)[Si](C)(C)C.[H-].[H-].[Mg+2]. The number of rotatable bonds is 2. The molecule has 0 rings (SSSR count). The van der Waals surface area contributed by atoms with E-state index in [1.165, 1.54) is 0 Å². The number of hydrogen-bond donors (Lipinski definition) is 1. The van der Waals surface area contributed by atoms with Crippen LogP contribution in [-0.2, 0) is 0 Å². The molecule has 0 aliphatic carbocycles. The quantitative estimate of drug-likeness (QED) is 0.604. The van der Waals surface area contributed by atoms with Gasteiger partial charge in [-0.1, -0.05) is 26.6 Å². The van der Waals surface area contributed by atoms with Gasteiger partial charge in [-0.05, 0) is 12.1 Å². The molecule has 0 radical (unpaired) electrons. The Morgan fingerprint density at radius 3 is 1.78 bits per heavy atom. The fourth-order valence-corrected chi connectivity index (χ4v) is 1.84. The fraction of sp³-hybridized carbons (Fsp3) is 1.00. The molecular formula is C6H19MgNSi. The van der Waals surface area contributed by atoms with Crippen molar-refractivity contribution in [3.8, 4) is 0 Å². The van der Waals surface area contributed by atoms with Crippen LogP contribution in [0.1, 0.15) is 16.2 Å². The van der Waals surface area contributed by atoms with Gasteiger partial charge in [0.2, 0.25) is 0 Å². The summed E-state index contributed by atoms with van der Waals surface area (Å²) in [6, 6.07) is 0. The average Bonchev–Trinajstić information content (AvgIpc) is 1.62. The molecule has 9 heavy (non-hydrogen) atoms. The molecule has 0 fully saturated rings. The first-order valence-corrected chi connectivity index (χ1v) is 6.81. The number of hydrogen-bond acceptors (Lipinski definition) is 1. The van der Waals surface area contributed by atoms with Gasteiger partial charge in [-0.3, -0.25) is 0 Å². The van der Waals surface area contributed by atoms with Crippen LogP contribution < -0.4 is 5.73 Å². The topological polar surface area (TPSA) is 26.0 Å². The van der Waals surface area contributed by atoms with Crippen LogP contribution in [0.4, 0.5) is 0 Å². The van der Waals surface area contributed by atoms with Crippen LogP contribution >= 0.6 is 0 Å². The Balaban J connectivity index is -0.0000000817. The molecular weight excluding hydrogens is 138 g/mol. The van der Waals surface area contributed by atoms with E-state index in [9.17, 15) is 0 Å². The molecule has 1 nitrogen and oxygen atoms in total. The largest absolute Gasteiger partial charge is 2.00 e. The maximum absolute atomic E-state index is 5.81. The van der Waals surface area contributed by atoms with Crippen molar-refractivity contribution in [3.05, 3.63) is 0 Å². The van der Waals surface area contributed by atoms with Gasteiger partial charge in [0, 0.05) is 0 Å². The van der Waals surface area contributed by atoms with Crippen LogP contribution in [0.25, 0.3) is 0 Å². The summed E-state index contributed by atoms with van der Waals surface area (Å²) in [4.78, 5) is 0. The van der Waals surface area contributed by atoms with Crippen molar-refractivity contribution in [2.24, 2.45) is 5.73 Å². The van der Waals surface area contributed by atoms with Crippen molar-refractivity contribution in [1.82, 2.24) is 0 Å². The van der Waals surface area contributed by atoms with Crippen molar-refractivity contribution in [1.29, 1.82) is 0 Å². The van der Waals surface area contributed by atoms with E-state index < -0.39 is 8.07 Å². The van der Waals surface area contributed by atoms with Gasteiger partial charge in [-0.25, -0.2) is 0 Å². The zero-order chi connectivity index (χ0) is 6.78. The van der Waals surface area contributed by atoms with Gasteiger partial charge in [-0.15, -0.1) is 0 Å². The molecule has 0 heterocycles. The second kappa shape index (κ2) is 4.71. The molecule has 1 unspecified atom stereocenters. The Bertz CT molecular complexity index is 77.5. The first-order chi connectivity index (χ1) is 3.48. The van der Waals surface area contributed by atoms with Crippen LogP contribution in [0, 0.1) is 0 Å². The summed E-state index contributed by atoms with van der Waals surface area (Å²) in [6.07, 6.45) is 1.13. The molecule has 54 valence electrons. The van der Waals surface area contributed by atoms with Gasteiger partial charge < -0.3 is 8.59 Å². The minimum atomic E-state index is -0.983. The normalized spacial score (nSPS) is 14.3. The van der Waals surface area contributed by atoms with Gasteiger partial charge in [0.15, 0.2) is 0 Å². The average molecular weight is 158 g/mol. The van der Waals surface area contributed by atoms with Crippen LogP contribution in [0.15, 0.2) is 0 Å². The molecule has 0 aliphatic heterocycles. The van der Waals surface area contributed by atoms with Gasteiger partial charge in [0.05, 0.1) is 8.07 Å². The third-order valence-corrected chi connectivity index (χ3v) is 4.19. The second-order valence-corrected chi connectivity index (χ2v) is 8.85. The molecule has 0 saturated heterocycles. The molecule has 3 heteroatoms. The van der Waals surface area contributed by atoms with Gasteiger partial charge in [0.1, 0.15) is 0 Å². The molecule has 0 amide bonds. The molecule has 0 aromatic carbocycles. The van der Waals surface area contributed by atoms with Crippen LogP contribution in [0.2, 0.25) is 19.6 Å². The van der Waals surface area contributed by atoms with Gasteiger partial charge in [-0.2, -0.15) is 0 Å². The van der Waals surface area contributed by atoms with E-state index in [0.717, 1.165) is 6.42 Å². The van der Waals surface area contributed by atoms with Crippen molar-refractivity contribution in [2.45, 2.75) is 38.7 Å². The molecule has 0 aromatic heterocycles. The van der Waals surface area contributed by atoms with Crippen LogP contribution in [0.3, 0.4) is 0 Å². The van der Waals surface area contributed by atoms with E-state index in [0.29, 0.717) is 5.67 Å². The predicted molar refractivity (Wildman–Crippen MR) is 49.6 cm³/mol. The molecule has 2 N–H and O–H groups in total. The second-order valence-electron chi connectivity index (χ2n) is 3.38. The maximum Gasteiger partial charge on any atom is 2.00 e.